The molecule has 1 aliphatic carbocycles. The van der Waals surface area contributed by atoms with Crippen LogP contribution < -0.4 is 5.73 Å². The molecular weight excluding hydrogens is 236 g/mol. The summed E-state index contributed by atoms with van der Waals surface area (Å²) in [6.07, 6.45) is 6.81. The zero-order valence-corrected chi connectivity index (χ0v) is 12.6. The summed E-state index contributed by atoms with van der Waals surface area (Å²) in [5.41, 5.74) is 5.72. The Kier molecular flexibility index (Phi) is 5.26. The third-order valence-electron chi connectivity index (χ3n) is 5.32. The van der Waals surface area contributed by atoms with Gasteiger partial charge in [-0.2, -0.15) is 0 Å². The Labute approximate surface area is 117 Å². The van der Waals surface area contributed by atoms with E-state index in [1.165, 1.54) is 12.8 Å². The summed E-state index contributed by atoms with van der Waals surface area (Å²) in [6.45, 7) is 7.37. The molecule has 1 saturated heterocycles. The average molecular weight is 266 g/mol. The lowest BCUT2D eigenvalue weighted by atomic mass is 9.80. The number of amides is 1. The SMILES string of the molecule is CC(C)C1CCN(C(=O)C2CCC(CN)CC2)CC1. The van der Waals surface area contributed by atoms with E-state index in [4.69, 9.17) is 5.73 Å². The third kappa shape index (κ3) is 3.71. The first-order valence-corrected chi connectivity index (χ1v) is 8.10. The quantitative estimate of drug-likeness (QED) is 0.853. The van der Waals surface area contributed by atoms with Crippen LogP contribution in [-0.2, 0) is 4.79 Å². The summed E-state index contributed by atoms with van der Waals surface area (Å²) in [7, 11) is 0. The molecule has 3 nitrogen and oxygen atoms in total. The summed E-state index contributed by atoms with van der Waals surface area (Å²) in [5, 5.41) is 0. The van der Waals surface area contributed by atoms with Crippen LogP contribution in [0.2, 0.25) is 0 Å². The lowest BCUT2D eigenvalue weighted by molar-refractivity contribution is -0.138. The number of carbonyl (C=O) groups excluding carboxylic acids is 1. The Hall–Kier alpha value is -0.570. The van der Waals surface area contributed by atoms with Crippen molar-refractivity contribution in [1.82, 2.24) is 4.90 Å². The molecule has 0 radical (unpaired) electrons. The molecule has 0 unspecified atom stereocenters. The van der Waals surface area contributed by atoms with Gasteiger partial charge in [-0.3, -0.25) is 4.79 Å². The Bertz CT molecular complexity index is 287. The van der Waals surface area contributed by atoms with Crippen molar-refractivity contribution < 1.29 is 4.79 Å². The molecule has 2 aliphatic rings. The van der Waals surface area contributed by atoms with E-state index >= 15 is 0 Å². The van der Waals surface area contributed by atoms with Crippen molar-refractivity contribution >= 4 is 5.91 Å². The van der Waals surface area contributed by atoms with Gasteiger partial charge in [0.2, 0.25) is 5.91 Å². The fourth-order valence-electron chi connectivity index (χ4n) is 3.69. The fourth-order valence-corrected chi connectivity index (χ4v) is 3.69. The number of nitrogens with zero attached hydrogens (tertiary/aromatic N) is 1. The van der Waals surface area contributed by atoms with Crippen LogP contribution in [0.3, 0.4) is 0 Å². The van der Waals surface area contributed by atoms with Crippen LogP contribution in [0.4, 0.5) is 0 Å². The van der Waals surface area contributed by atoms with E-state index < -0.39 is 0 Å². The van der Waals surface area contributed by atoms with Gasteiger partial charge in [-0.25, -0.2) is 0 Å². The second kappa shape index (κ2) is 6.74. The molecule has 3 heteroatoms. The van der Waals surface area contributed by atoms with Gasteiger partial charge in [-0.15, -0.1) is 0 Å². The van der Waals surface area contributed by atoms with Gasteiger partial charge < -0.3 is 10.6 Å². The highest BCUT2D eigenvalue weighted by Crippen LogP contribution is 2.31. The molecule has 2 N–H and O–H groups in total. The van der Waals surface area contributed by atoms with E-state index in [9.17, 15) is 4.79 Å². The molecule has 0 aromatic carbocycles. The zero-order chi connectivity index (χ0) is 13.8. The summed E-state index contributed by atoms with van der Waals surface area (Å²) in [5.74, 6) is 2.96. The molecule has 0 atom stereocenters. The Morgan fingerprint density at radius 1 is 1.11 bits per heavy atom. The smallest absolute Gasteiger partial charge is 0.225 e. The van der Waals surface area contributed by atoms with Crippen molar-refractivity contribution in [2.75, 3.05) is 19.6 Å². The average Bonchev–Trinajstić information content (AvgIpc) is 2.46. The van der Waals surface area contributed by atoms with E-state index in [0.717, 1.165) is 57.2 Å². The second-order valence-corrected chi connectivity index (χ2v) is 6.86. The first kappa shape index (κ1) is 14.8. The number of likely N-dealkylation sites (tertiary alicyclic amines) is 1. The van der Waals surface area contributed by atoms with E-state index in [1.54, 1.807) is 0 Å². The van der Waals surface area contributed by atoms with Crippen LogP contribution in [0.25, 0.3) is 0 Å². The van der Waals surface area contributed by atoms with Gasteiger partial charge in [0, 0.05) is 19.0 Å². The normalized spacial score (nSPS) is 29.8. The minimum atomic E-state index is 0.290. The topological polar surface area (TPSA) is 46.3 Å². The molecule has 1 saturated carbocycles. The summed E-state index contributed by atoms with van der Waals surface area (Å²) in [6, 6.07) is 0. The van der Waals surface area contributed by atoms with Crippen LogP contribution in [0.5, 0.6) is 0 Å². The van der Waals surface area contributed by atoms with E-state index in [1.807, 2.05) is 0 Å². The summed E-state index contributed by atoms with van der Waals surface area (Å²) >= 11 is 0. The van der Waals surface area contributed by atoms with Crippen molar-refractivity contribution in [2.45, 2.75) is 52.4 Å². The number of nitrogens with two attached hydrogens (primary N) is 1. The lowest BCUT2D eigenvalue weighted by Gasteiger charge is -2.37. The molecule has 0 aromatic rings. The van der Waals surface area contributed by atoms with Gasteiger partial charge in [-0.05, 0) is 62.8 Å². The first-order valence-electron chi connectivity index (χ1n) is 8.10. The van der Waals surface area contributed by atoms with Crippen LogP contribution in [-0.4, -0.2) is 30.4 Å². The molecule has 2 rings (SSSR count). The highest BCUT2D eigenvalue weighted by Gasteiger charge is 2.31. The Balaban J connectivity index is 1.78. The van der Waals surface area contributed by atoms with Crippen molar-refractivity contribution in [3.63, 3.8) is 0 Å². The molecule has 19 heavy (non-hydrogen) atoms. The van der Waals surface area contributed by atoms with Gasteiger partial charge in [0.05, 0.1) is 0 Å². The molecule has 1 aliphatic heterocycles. The van der Waals surface area contributed by atoms with E-state index in [-0.39, 0.29) is 0 Å². The Morgan fingerprint density at radius 2 is 1.68 bits per heavy atom. The molecular formula is C16H30N2O. The lowest BCUT2D eigenvalue weighted by Crippen LogP contribution is -2.43. The minimum absolute atomic E-state index is 0.290. The Morgan fingerprint density at radius 3 is 2.16 bits per heavy atom. The maximum atomic E-state index is 12.5. The van der Waals surface area contributed by atoms with Crippen molar-refractivity contribution in [2.24, 2.45) is 29.4 Å². The maximum absolute atomic E-state index is 12.5. The van der Waals surface area contributed by atoms with Crippen molar-refractivity contribution in [1.29, 1.82) is 0 Å². The summed E-state index contributed by atoms with van der Waals surface area (Å²) < 4.78 is 0. The van der Waals surface area contributed by atoms with Crippen molar-refractivity contribution in [3.05, 3.63) is 0 Å². The van der Waals surface area contributed by atoms with Gasteiger partial charge >= 0.3 is 0 Å². The van der Waals surface area contributed by atoms with Crippen LogP contribution in [0, 0.1) is 23.7 Å². The number of piperidine rings is 1. The number of hydrogen-bond donors (Lipinski definition) is 1. The standard InChI is InChI=1S/C16H30N2O/c1-12(2)14-7-9-18(10-8-14)16(19)15-5-3-13(11-17)4-6-15/h12-15H,3-11,17H2,1-2H3. The van der Waals surface area contributed by atoms with Gasteiger partial charge in [0.15, 0.2) is 0 Å². The molecule has 2 fully saturated rings. The molecule has 0 aromatic heterocycles. The summed E-state index contributed by atoms with van der Waals surface area (Å²) in [4.78, 5) is 14.7. The predicted octanol–water partition coefficient (Wildman–Crippen LogP) is 2.65. The molecule has 0 spiro atoms. The van der Waals surface area contributed by atoms with Crippen LogP contribution in [0.15, 0.2) is 0 Å². The van der Waals surface area contributed by atoms with E-state index in [2.05, 4.69) is 18.7 Å². The molecule has 110 valence electrons. The number of hydrogen-bond acceptors (Lipinski definition) is 2. The minimum Gasteiger partial charge on any atom is -0.342 e. The second-order valence-electron chi connectivity index (χ2n) is 6.86. The monoisotopic (exact) mass is 266 g/mol. The molecule has 0 bridgehead atoms. The predicted molar refractivity (Wildman–Crippen MR) is 78.6 cm³/mol. The number of rotatable bonds is 3. The van der Waals surface area contributed by atoms with Gasteiger partial charge in [0.25, 0.3) is 0 Å². The van der Waals surface area contributed by atoms with Gasteiger partial charge in [-0.1, -0.05) is 13.8 Å². The van der Waals surface area contributed by atoms with Crippen molar-refractivity contribution in [3.8, 4) is 0 Å². The maximum Gasteiger partial charge on any atom is 0.225 e. The van der Waals surface area contributed by atoms with Crippen LogP contribution in [0.1, 0.15) is 52.4 Å². The van der Waals surface area contributed by atoms with Crippen LogP contribution >= 0.6 is 0 Å². The molecule has 1 amide bonds. The highest BCUT2D eigenvalue weighted by atomic mass is 16.2. The zero-order valence-electron chi connectivity index (χ0n) is 12.6. The largest absolute Gasteiger partial charge is 0.342 e. The van der Waals surface area contributed by atoms with Gasteiger partial charge in [0.1, 0.15) is 0 Å². The highest BCUT2D eigenvalue weighted by molar-refractivity contribution is 5.79. The number of carbonyl (C=O) groups is 1. The van der Waals surface area contributed by atoms with E-state index in [0.29, 0.717) is 17.7 Å². The molecule has 1 heterocycles. The fraction of sp³-hybridized carbons (Fsp3) is 0.938. The third-order valence-corrected chi connectivity index (χ3v) is 5.32. The first-order chi connectivity index (χ1) is 9.11.